The monoisotopic (exact) mass is 568 g/mol. The summed E-state index contributed by atoms with van der Waals surface area (Å²) >= 11 is 0. The molecule has 0 bridgehead atoms. The van der Waals surface area contributed by atoms with Crippen LogP contribution in [0.3, 0.4) is 0 Å². The minimum atomic E-state index is -4.82. The van der Waals surface area contributed by atoms with Crippen molar-refractivity contribution in [3.05, 3.63) is 65.5 Å². The van der Waals surface area contributed by atoms with Gasteiger partial charge in [0.25, 0.3) is 10.0 Å². The number of halogens is 4. The third kappa shape index (κ3) is 7.88. The van der Waals surface area contributed by atoms with Crippen molar-refractivity contribution in [2.24, 2.45) is 5.92 Å². The standard InChI is InChI=1S/C26H28F4N4O4S/c1-16(2)15-34(13-5-8-24(35)36)22-6-4-7-23(32-22)39(37,38)33-21-12-11-20(26(28,29)30)25(31-21)19-14-18(27)10-9-17(19)3/h4,6-7,9-12,14,16H,5,8,13,15H2,1-3H3,(H,31,33)(H,35,36). The van der Waals surface area contributed by atoms with Crippen LogP contribution in [0.15, 0.2) is 53.6 Å². The molecule has 0 amide bonds. The summed E-state index contributed by atoms with van der Waals surface area (Å²) in [6.45, 7) is 6.19. The van der Waals surface area contributed by atoms with Crippen molar-refractivity contribution in [3.63, 3.8) is 0 Å². The lowest BCUT2D eigenvalue weighted by Crippen LogP contribution is -2.30. The van der Waals surface area contributed by atoms with E-state index in [0.717, 1.165) is 18.2 Å². The van der Waals surface area contributed by atoms with Crippen LogP contribution >= 0.6 is 0 Å². The van der Waals surface area contributed by atoms with E-state index in [1.807, 2.05) is 13.8 Å². The number of alkyl halides is 3. The third-order valence-corrected chi connectivity index (χ3v) is 6.86. The van der Waals surface area contributed by atoms with Crippen molar-refractivity contribution in [2.75, 3.05) is 22.7 Å². The molecule has 2 aromatic heterocycles. The maximum absolute atomic E-state index is 13.9. The number of nitrogens with one attached hydrogen (secondary N) is 1. The van der Waals surface area contributed by atoms with Crippen molar-refractivity contribution in [2.45, 2.75) is 44.8 Å². The maximum Gasteiger partial charge on any atom is 0.418 e. The first kappa shape index (κ1) is 29.8. The highest BCUT2D eigenvalue weighted by Gasteiger charge is 2.35. The highest BCUT2D eigenvalue weighted by molar-refractivity contribution is 7.92. The summed E-state index contributed by atoms with van der Waals surface area (Å²) in [5, 5.41) is 8.54. The summed E-state index contributed by atoms with van der Waals surface area (Å²) in [5.41, 5.74) is -1.58. The van der Waals surface area contributed by atoms with Crippen LogP contribution in [-0.4, -0.2) is 42.6 Å². The first-order valence-corrected chi connectivity index (χ1v) is 13.5. The van der Waals surface area contributed by atoms with Gasteiger partial charge in [-0.15, -0.1) is 0 Å². The topological polar surface area (TPSA) is 112 Å². The van der Waals surface area contributed by atoms with Crippen molar-refractivity contribution in [3.8, 4) is 11.3 Å². The number of aryl methyl sites for hydroxylation is 1. The predicted molar refractivity (Wildman–Crippen MR) is 138 cm³/mol. The van der Waals surface area contributed by atoms with E-state index in [0.29, 0.717) is 37.0 Å². The zero-order valence-corrected chi connectivity index (χ0v) is 22.3. The quantitative estimate of drug-likeness (QED) is 0.284. The van der Waals surface area contributed by atoms with Gasteiger partial charge in [0.15, 0.2) is 5.03 Å². The molecule has 13 heteroatoms. The minimum absolute atomic E-state index is 0.0686. The molecule has 39 heavy (non-hydrogen) atoms. The van der Waals surface area contributed by atoms with Gasteiger partial charge < -0.3 is 10.0 Å². The van der Waals surface area contributed by atoms with Gasteiger partial charge in [0, 0.05) is 25.1 Å². The average Bonchev–Trinajstić information content (AvgIpc) is 2.83. The second-order valence-corrected chi connectivity index (χ2v) is 11.0. The number of sulfonamides is 1. The summed E-state index contributed by atoms with van der Waals surface area (Å²) in [4.78, 5) is 20.8. The molecule has 0 unspecified atom stereocenters. The normalized spacial score (nSPS) is 12.0. The summed E-state index contributed by atoms with van der Waals surface area (Å²) in [6.07, 6.45) is -4.58. The number of benzene rings is 1. The summed E-state index contributed by atoms with van der Waals surface area (Å²) in [7, 11) is -4.40. The Morgan fingerprint density at radius 3 is 2.46 bits per heavy atom. The van der Waals surface area contributed by atoms with Crippen molar-refractivity contribution >= 4 is 27.6 Å². The molecule has 0 aliphatic carbocycles. The fraction of sp³-hybridized carbons (Fsp3) is 0.346. The number of rotatable bonds is 11. The summed E-state index contributed by atoms with van der Waals surface area (Å²) in [6, 6.07) is 9.13. The Balaban J connectivity index is 1.97. The Bertz CT molecular complexity index is 1450. The molecule has 210 valence electrons. The SMILES string of the molecule is Cc1ccc(F)cc1-c1nc(NS(=O)(=O)c2cccc(N(CCCC(=O)O)CC(C)C)n2)ccc1C(F)(F)F. The van der Waals surface area contributed by atoms with Gasteiger partial charge >= 0.3 is 12.1 Å². The molecule has 0 aliphatic rings. The van der Waals surface area contributed by atoms with E-state index in [2.05, 4.69) is 14.7 Å². The molecule has 0 saturated carbocycles. The minimum Gasteiger partial charge on any atom is -0.481 e. The first-order valence-electron chi connectivity index (χ1n) is 12.0. The number of hydrogen-bond acceptors (Lipinski definition) is 6. The van der Waals surface area contributed by atoms with E-state index in [1.54, 1.807) is 11.0 Å². The third-order valence-electron chi connectivity index (χ3n) is 5.61. The number of aromatic nitrogens is 2. The first-order chi connectivity index (χ1) is 18.2. The number of hydrogen-bond donors (Lipinski definition) is 2. The number of pyridine rings is 2. The molecule has 1 aromatic carbocycles. The lowest BCUT2D eigenvalue weighted by Gasteiger charge is -2.25. The van der Waals surface area contributed by atoms with E-state index < -0.39 is 50.1 Å². The van der Waals surface area contributed by atoms with Crippen LogP contribution in [0.4, 0.5) is 29.2 Å². The second-order valence-electron chi connectivity index (χ2n) is 9.33. The largest absolute Gasteiger partial charge is 0.481 e. The second kappa shape index (κ2) is 12.0. The highest BCUT2D eigenvalue weighted by atomic mass is 32.2. The van der Waals surface area contributed by atoms with E-state index >= 15 is 0 Å². The number of carboxylic acid groups (broad SMARTS) is 1. The van der Waals surface area contributed by atoms with Gasteiger partial charge in [0.05, 0.1) is 11.3 Å². The van der Waals surface area contributed by atoms with E-state index in [9.17, 15) is 30.8 Å². The Morgan fingerprint density at radius 1 is 1.10 bits per heavy atom. The van der Waals surface area contributed by atoms with Crippen LogP contribution in [-0.2, 0) is 21.0 Å². The molecule has 8 nitrogen and oxygen atoms in total. The molecular weight excluding hydrogens is 540 g/mol. The number of anilines is 2. The molecule has 0 saturated heterocycles. The Kier molecular flexibility index (Phi) is 9.15. The van der Waals surface area contributed by atoms with Crippen LogP contribution in [0.25, 0.3) is 11.3 Å². The molecule has 2 N–H and O–H groups in total. The molecule has 0 atom stereocenters. The van der Waals surface area contributed by atoms with Gasteiger partial charge in [-0.2, -0.15) is 21.6 Å². The van der Waals surface area contributed by atoms with Crippen molar-refractivity contribution in [1.29, 1.82) is 0 Å². The van der Waals surface area contributed by atoms with Gasteiger partial charge in [-0.3, -0.25) is 9.52 Å². The van der Waals surface area contributed by atoms with Crippen LogP contribution in [0, 0.1) is 18.7 Å². The molecule has 0 spiro atoms. The summed E-state index contributed by atoms with van der Waals surface area (Å²) in [5.74, 6) is -1.67. The van der Waals surface area contributed by atoms with Gasteiger partial charge in [-0.25, -0.2) is 14.4 Å². The lowest BCUT2D eigenvalue weighted by molar-refractivity contribution is -0.138. The molecule has 2 heterocycles. The number of carboxylic acids is 1. The van der Waals surface area contributed by atoms with Crippen LogP contribution in [0.1, 0.15) is 37.8 Å². The van der Waals surface area contributed by atoms with Gasteiger partial charge in [0.2, 0.25) is 0 Å². The number of carbonyl (C=O) groups is 1. The van der Waals surface area contributed by atoms with Gasteiger partial charge in [-0.05, 0) is 61.2 Å². The van der Waals surface area contributed by atoms with Gasteiger partial charge in [-0.1, -0.05) is 26.0 Å². The molecule has 0 aliphatic heterocycles. The van der Waals surface area contributed by atoms with E-state index in [1.165, 1.54) is 25.1 Å². The van der Waals surface area contributed by atoms with E-state index in [4.69, 9.17) is 5.11 Å². The Hall–Kier alpha value is -3.74. The van der Waals surface area contributed by atoms with Crippen molar-refractivity contribution < 1.29 is 35.9 Å². The van der Waals surface area contributed by atoms with E-state index in [-0.39, 0.29) is 17.9 Å². The predicted octanol–water partition coefficient (Wildman–Crippen LogP) is 5.74. The van der Waals surface area contributed by atoms with Crippen LogP contribution in [0.5, 0.6) is 0 Å². The lowest BCUT2D eigenvalue weighted by atomic mass is 10.0. The van der Waals surface area contributed by atoms with Crippen LogP contribution < -0.4 is 9.62 Å². The Morgan fingerprint density at radius 2 is 1.82 bits per heavy atom. The molecule has 3 aromatic rings. The number of aliphatic carboxylic acids is 1. The fourth-order valence-electron chi connectivity index (χ4n) is 3.88. The zero-order valence-electron chi connectivity index (χ0n) is 21.5. The van der Waals surface area contributed by atoms with Crippen molar-refractivity contribution in [1.82, 2.24) is 9.97 Å². The molecule has 0 radical (unpaired) electrons. The zero-order chi connectivity index (χ0) is 29.0. The fourth-order valence-corrected chi connectivity index (χ4v) is 4.85. The van der Waals surface area contributed by atoms with Crippen LogP contribution in [0.2, 0.25) is 0 Å². The maximum atomic E-state index is 13.9. The molecule has 0 fully saturated rings. The smallest absolute Gasteiger partial charge is 0.418 e. The van der Waals surface area contributed by atoms with Gasteiger partial charge in [0.1, 0.15) is 17.5 Å². The highest BCUT2D eigenvalue weighted by Crippen LogP contribution is 2.38. The Labute approximate surface area is 223 Å². The molecule has 3 rings (SSSR count). The number of nitrogens with zero attached hydrogens (tertiary/aromatic N) is 3. The molecular formula is C26H28F4N4O4S. The summed E-state index contributed by atoms with van der Waals surface area (Å²) < 4.78 is 83.5. The average molecular weight is 569 g/mol.